The van der Waals surface area contributed by atoms with E-state index in [0.717, 1.165) is 6.20 Å². The summed E-state index contributed by atoms with van der Waals surface area (Å²) >= 11 is 0. The second-order valence-corrected chi connectivity index (χ2v) is 1.63. The number of hydrogen-bond donors (Lipinski definition) is 1. The fourth-order valence-corrected chi connectivity index (χ4v) is 0.523. The molecule has 1 heterocycles. The number of nitrogens with zero attached hydrogens (tertiary/aromatic N) is 1. The molecule has 0 aliphatic heterocycles. The van der Waals surface area contributed by atoms with Gasteiger partial charge in [-0.15, -0.1) is 0 Å². The zero-order chi connectivity index (χ0) is 7.40. The molecule has 0 bridgehead atoms. The highest BCUT2D eigenvalue weighted by molar-refractivity contribution is 5.41. The van der Waals surface area contributed by atoms with Crippen LogP contribution in [-0.4, -0.2) is 10.4 Å². The van der Waals surface area contributed by atoms with Crippen molar-refractivity contribution in [2.24, 2.45) is 0 Å². The van der Waals surface area contributed by atoms with E-state index in [2.05, 4.69) is 0 Å². The fraction of sp³-hybridized carbons (Fsp3) is 0. The van der Waals surface area contributed by atoms with Gasteiger partial charge >= 0.3 is 0 Å². The molecule has 0 atom stereocenters. The van der Waals surface area contributed by atoms with Gasteiger partial charge in [0.05, 0.1) is 6.26 Å². The molecule has 1 rings (SSSR count). The van der Waals surface area contributed by atoms with Crippen LogP contribution in [0.3, 0.4) is 0 Å². The molecule has 4 heteroatoms. The molecule has 0 aliphatic rings. The quantitative estimate of drug-likeness (QED) is 0.631. The van der Waals surface area contributed by atoms with Crippen LogP contribution in [0.2, 0.25) is 0 Å². The summed E-state index contributed by atoms with van der Waals surface area (Å²) in [5.41, 5.74) is 0. The summed E-state index contributed by atoms with van der Waals surface area (Å²) < 4.78 is 4.82. The lowest BCUT2D eigenvalue weighted by molar-refractivity contribution is 0.0128. The molecule has 0 saturated carbocycles. The van der Waals surface area contributed by atoms with Crippen molar-refractivity contribution < 1.29 is 9.62 Å². The Labute approximate surface area is 57.5 Å². The van der Waals surface area contributed by atoms with E-state index >= 15 is 0 Å². The first-order chi connectivity index (χ1) is 4.79. The predicted molar refractivity (Wildman–Crippen MR) is 34.7 cm³/mol. The molecule has 1 aromatic rings. The van der Waals surface area contributed by atoms with Crippen molar-refractivity contribution in [1.29, 1.82) is 0 Å². The minimum atomic E-state index is -0.289. The second-order valence-electron chi connectivity index (χ2n) is 1.63. The van der Waals surface area contributed by atoms with Crippen molar-refractivity contribution in [2.75, 3.05) is 0 Å². The van der Waals surface area contributed by atoms with Gasteiger partial charge in [-0.25, -0.2) is 0 Å². The molecule has 0 radical (unpaired) electrons. The van der Waals surface area contributed by atoms with Gasteiger partial charge in [0.25, 0.3) is 0 Å². The number of furan rings is 1. The van der Waals surface area contributed by atoms with Gasteiger partial charge < -0.3 is 14.9 Å². The van der Waals surface area contributed by atoms with E-state index in [9.17, 15) is 5.21 Å². The zero-order valence-corrected chi connectivity index (χ0v) is 5.10. The average Bonchev–Trinajstić information content (AvgIpc) is 2.34. The first-order valence-electron chi connectivity index (χ1n) is 2.66. The molecule has 1 N–H and O–H groups in total. The summed E-state index contributed by atoms with van der Waals surface area (Å²) in [6, 6.07) is 3.35. The van der Waals surface area contributed by atoms with Crippen LogP contribution in [-0.2, 0) is 0 Å². The van der Waals surface area contributed by atoms with Crippen LogP contribution in [0, 0.1) is 5.21 Å². The van der Waals surface area contributed by atoms with Crippen molar-refractivity contribution in [3.05, 3.63) is 35.6 Å². The third-order valence-corrected chi connectivity index (χ3v) is 0.910. The third-order valence-electron chi connectivity index (χ3n) is 0.910. The van der Waals surface area contributed by atoms with E-state index in [4.69, 9.17) is 9.62 Å². The lowest BCUT2D eigenvalue weighted by Gasteiger charge is -2.14. The average molecular weight is 140 g/mol. The van der Waals surface area contributed by atoms with Crippen molar-refractivity contribution in [1.82, 2.24) is 5.23 Å². The van der Waals surface area contributed by atoms with Gasteiger partial charge in [0.1, 0.15) is 5.76 Å². The van der Waals surface area contributed by atoms with Gasteiger partial charge in [-0.3, -0.25) is 5.21 Å². The van der Waals surface area contributed by atoms with E-state index < -0.39 is 0 Å². The molecular formula is C6H6NO3-. The number of hydrogen-bond acceptors (Lipinski definition) is 4. The minimum Gasteiger partial charge on any atom is -0.734 e. The van der Waals surface area contributed by atoms with Crippen LogP contribution in [0.5, 0.6) is 0 Å². The zero-order valence-electron chi connectivity index (χ0n) is 5.10. The van der Waals surface area contributed by atoms with E-state index in [-0.39, 0.29) is 5.23 Å². The van der Waals surface area contributed by atoms with Crippen molar-refractivity contribution in [3.63, 3.8) is 0 Å². The summed E-state index contributed by atoms with van der Waals surface area (Å²) in [7, 11) is 0. The SMILES string of the molecule is [O-]N(O)C=Cc1ccco1. The number of rotatable bonds is 2. The van der Waals surface area contributed by atoms with E-state index in [1.54, 1.807) is 12.1 Å². The van der Waals surface area contributed by atoms with Gasteiger partial charge in [-0.1, -0.05) is 0 Å². The summed E-state index contributed by atoms with van der Waals surface area (Å²) in [6.45, 7) is 0. The third kappa shape index (κ3) is 1.93. The molecule has 0 amide bonds. The van der Waals surface area contributed by atoms with Crippen molar-refractivity contribution >= 4 is 6.08 Å². The minimum absolute atomic E-state index is 0.289. The molecule has 0 unspecified atom stereocenters. The first-order valence-corrected chi connectivity index (χ1v) is 2.66. The van der Waals surface area contributed by atoms with Gasteiger partial charge in [0, 0.05) is 6.20 Å². The van der Waals surface area contributed by atoms with Crippen molar-refractivity contribution in [2.45, 2.75) is 0 Å². The lowest BCUT2D eigenvalue weighted by atomic mass is 10.4. The van der Waals surface area contributed by atoms with Gasteiger partial charge in [0.2, 0.25) is 0 Å². The van der Waals surface area contributed by atoms with Crippen LogP contribution in [0.25, 0.3) is 6.08 Å². The smallest absolute Gasteiger partial charge is 0.128 e. The Balaban J connectivity index is 2.55. The Morgan fingerprint density at radius 2 is 2.50 bits per heavy atom. The Morgan fingerprint density at radius 1 is 1.70 bits per heavy atom. The predicted octanol–water partition coefficient (Wildman–Crippen LogP) is 1.44. The molecule has 0 aliphatic carbocycles. The van der Waals surface area contributed by atoms with Crippen LogP contribution < -0.4 is 0 Å². The monoisotopic (exact) mass is 140 g/mol. The van der Waals surface area contributed by atoms with Gasteiger partial charge in [-0.05, 0) is 18.2 Å². The Bertz CT molecular complexity index is 203. The summed E-state index contributed by atoms with van der Waals surface area (Å²) in [5, 5.41) is 17.7. The molecule has 0 aromatic carbocycles. The fourth-order valence-electron chi connectivity index (χ4n) is 0.523. The topological polar surface area (TPSA) is 59.7 Å². The van der Waals surface area contributed by atoms with E-state index in [1.165, 1.54) is 12.3 Å². The Kier molecular flexibility index (Phi) is 2.09. The highest BCUT2D eigenvalue weighted by Crippen LogP contribution is 2.01. The van der Waals surface area contributed by atoms with Gasteiger partial charge in [0.15, 0.2) is 0 Å². The number of hydroxylamine groups is 2. The molecule has 10 heavy (non-hydrogen) atoms. The normalized spacial score (nSPS) is 10.6. The maximum absolute atomic E-state index is 9.88. The molecule has 1 aromatic heterocycles. The molecule has 54 valence electrons. The largest absolute Gasteiger partial charge is 0.734 e. The maximum Gasteiger partial charge on any atom is 0.128 e. The van der Waals surface area contributed by atoms with Crippen LogP contribution in [0.4, 0.5) is 0 Å². The van der Waals surface area contributed by atoms with Crippen LogP contribution >= 0.6 is 0 Å². The highest BCUT2D eigenvalue weighted by atomic mass is 16.8. The molecule has 0 spiro atoms. The Morgan fingerprint density at radius 3 is 3.00 bits per heavy atom. The first kappa shape index (κ1) is 6.85. The molecule has 0 fully saturated rings. The molecule has 4 nitrogen and oxygen atoms in total. The lowest BCUT2D eigenvalue weighted by Crippen LogP contribution is -1.97. The highest BCUT2D eigenvalue weighted by Gasteiger charge is 1.84. The van der Waals surface area contributed by atoms with E-state index in [0.29, 0.717) is 5.76 Å². The standard InChI is InChI=1S/C6H6NO3/c8-7(9)4-3-6-2-1-5-10-6/h1-5,8H/q-1. The molecule has 0 saturated heterocycles. The van der Waals surface area contributed by atoms with Gasteiger partial charge in [-0.2, -0.15) is 0 Å². The second kappa shape index (κ2) is 3.05. The summed E-state index contributed by atoms with van der Waals surface area (Å²) in [6.07, 6.45) is 3.78. The van der Waals surface area contributed by atoms with Crippen LogP contribution in [0.15, 0.2) is 29.0 Å². The van der Waals surface area contributed by atoms with Crippen molar-refractivity contribution in [3.8, 4) is 0 Å². The maximum atomic E-state index is 9.88. The van der Waals surface area contributed by atoms with Crippen LogP contribution in [0.1, 0.15) is 5.76 Å². The molecular weight excluding hydrogens is 134 g/mol. The Hall–Kier alpha value is -1.26. The summed E-state index contributed by atoms with van der Waals surface area (Å²) in [5.74, 6) is 0.523. The summed E-state index contributed by atoms with van der Waals surface area (Å²) in [4.78, 5) is 0. The van der Waals surface area contributed by atoms with E-state index in [1.807, 2.05) is 0 Å².